The van der Waals surface area contributed by atoms with Gasteiger partial charge in [-0.2, -0.15) is 0 Å². The van der Waals surface area contributed by atoms with E-state index in [0.29, 0.717) is 5.54 Å². The van der Waals surface area contributed by atoms with E-state index in [2.05, 4.69) is 36.4 Å². The van der Waals surface area contributed by atoms with E-state index in [4.69, 9.17) is 0 Å². The molecular weight excluding hydrogens is 198 g/mol. The number of nitrogens with zero attached hydrogens (tertiary/aromatic N) is 1. The molecule has 0 radical (unpaired) electrons. The second-order valence-electron chi connectivity index (χ2n) is 6.33. The fourth-order valence-corrected chi connectivity index (χ4v) is 3.08. The van der Waals surface area contributed by atoms with Gasteiger partial charge in [-0.15, -0.1) is 0 Å². The molecule has 2 rings (SSSR count). The normalized spacial score (nSPS) is 35.4. The molecule has 0 saturated carbocycles. The molecule has 2 aliphatic heterocycles. The summed E-state index contributed by atoms with van der Waals surface area (Å²) in [6.45, 7) is 9.56. The zero-order valence-corrected chi connectivity index (χ0v) is 11.1. The standard InChI is InChI=1S/C13H27N3/c1-13(2)8-12(4-6-15-13)14-9-11-5-7-16(3)10-11/h11-12,14-15H,4-10H2,1-3H3. The molecule has 0 spiro atoms. The molecule has 16 heavy (non-hydrogen) atoms. The summed E-state index contributed by atoms with van der Waals surface area (Å²) in [5, 5.41) is 7.35. The molecule has 3 nitrogen and oxygen atoms in total. The van der Waals surface area contributed by atoms with Gasteiger partial charge in [0.05, 0.1) is 0 Å². The molecule has 2 N–H and O–H groups in total. The predicted molar refractivity (Wildman–Crippen MR) is 68.7 cm³/mol. The highest BCUT2D eigenvalue weighted by molar-refractivity contribution is 4.90. The number of likely N-dealkylation sites (tertiary alicyclic amines) is 1. The van der Waals surface area contributed by atoms with E-state index in [0.717, 1.165) is 18.5 Å². The van der Waals surface area contributed by atoms with E-state index >= 15 is 0 Å². The second-order valence-corrected chi connectivity index (χ2v) is 6.33. The summed E-state index contributed by atoms with van der Waals surface area (Å²) in [5.41, 5.74) is 0.322. The van der Waals surface area contributed by atoms with Gasteiger partial charge in [-0.3, -0.25) is 0 Å². The SMILES string of the molecule is CN1CCC(CNC2CCNC(C)(C)C2)C1. The lowest BCUT2D eigenvalue weighted by atomic mass is 9.89. The van der Waals surface area contributed by atoms with Gasteiger partial charge in [0.15, 0.2) is 0 Å². The van der Waals surface area contributed by atoms with Crippen molar-refractivity contribution in [1.82, 2.24) is 15.5 Å². The van der Waals surface area contributed by atoms with E-state index in [1.54, 1.807) is 0 Å². The Morgan fingerprint density at radius 3 is 2.81 bits per heavy atom. The lowest BCUT2D eigenvalue weighted by Gasteiger charge is -2.37. The Hall–Kier alpha value is -0.120. The number of piperidine rings is 1. The van der Waals surface area contributed by atoms with Crippen LogP contribution >= 0.6 is 0 Å². The molecule has 2 atom stereocenters. The summed E-state index contributed by atoms with van der Waals surface area (Å²) in [6.07, 6.45) is 3.92. The Balaban J connectivity index is 1.69. The second kappa shape index (κ2) is 5.03. The van der Waals surface area contributed by atoms with Gasteiger partial charge in [0.1, 0.15) is 0 Å². The van der Waals surface area contributed by atoms with Crippen LogP contribution in [0.4, 0.5) is 0 Å². The highest BCUT2D eigenvalue weighted by atomic mass is 15.1. The fraction of sp³-hybridized carbons (Fsp3) is 1.00. The number of hydrogen-bond acceptors (Lipinski definition) is 3. The molecule has 0 aromatic rings. The van der Waals surface area contributed by atoms with Crippen molar-refractivity contribution < 1.29 is 0 Å². The van der Waals surface area contributed by atoms with Crippen LogP contribution in [-0.4, -0.2) is 49.7 Å². The Labute approximate surface area is 100.0 Å². The molecule has 2 unspecified atom stereocenters. The Kier molecular flexibility index (Phi) is 3.88. The van der Waals surface area contributed by atoms with Crippen LogP contribution in [0, 0.1) is 5.92 Å². The van der Waals surface area contributed by atoms with Crippen LogP contribution in [0.15, 0.2) is 0 Å². The molecule has 2 saturated heterocycles. The highest BCUT2D eigenvalue weighted by Crippen LogP contribution is 2.19. The molecule has 0 aromatic heterocycles. The van der Waals surface area contributed by atoms with Crippen LogP contribution in [0.5, 0.6) is 0 Å². The van der Waals surface area contributed by atoms with Crippen LogP contribution < -0.4 is 10.6 Å². The fourth-order valence-electron chi connectivity index (χ4n) is 3.08. The molecule has 94 valence electrons. The van der Waals surface area contributed by atoms with Gasteiger partial charge in [-0.25, -0.2) is 0 Å². The van der Waals surface area contributed by atoms with Crippen molar-refractivity contribution >= 4 is 0 Å². The molecule has 0 bridgehead atoms. The van der Waals surface area contributed by atoms with Crippen molar-refractivity contribution in [3.8, 4) is 0 Å². The summed E-state index contributed by atoms with van der Waals surface area (Å²) in [5.74, 6) is 0.878. The molecule has 0 aliphatic carbocycles. The van der Waals surface area contributed by atoms with Gasteiger partial charge in [0.25, 0.3) is 0 Å². The van der Waals surface area contributed by atoms with Crippen LogP contribution in [0.3, 0.4) is 0 Å². The minimum Gasteiger partial charge on any atom is -0.314 e. The van der Waals surface area contributed by atoms with Crippen molar-refractivity contribution in [2.45, 2.75) is 44.7 Å². The van der Waals surface area contributed by atoms with Gasteiger partial charge in [0, 0.05) is 18.1 Å². The van der Waals surface area contributed by atoms with Gasteiger partial charge >= 0.3 is 0 Å². The first kappa shape index (κ1) is 12.3. The summed E-state index contributed by atoms with van der Waals surface area (Å²) in [7, 11) is 2.23. The van der Waals surface area contributed by atoms with Crippen LogP contribution in [0.1, 0.15) is 33.1 Å². The van der Waals surface area contributed by atoms with Crippen molar-refractivity contribution in [3.05, 3.63) is 0 Å². The quantitative estimate of drug-likeness (QED) is 0.752. The number of nitrogens with one attached hydrogen (secondary N) is 2. The van der Waals surface area contributed by atoms with Gasteiger partial charge < -0.3 is 15.5 Å². The molecule has 0 amide bonds. The lowest BCUT2D eigenvalue weighted by molar-refractivity contribution is 0.241. The predicted octanol–water partition coefficient (Wildman–Crippen LogP) is 1.06. The zero-order valence-electron chi connectivity index (χ0n) is 11.1. The third-order valence-corrected chi connectivity index (χ3v) is 4.04. The third-order valence-electron chi connectivity index (χ3n) is 4.04. The average molecular weight is 225 g/mol. The van der Waals surface area contributed by atoms with Crippen molar-refractivity contribution in [2.75, 3.05) is 33.2 Å². The maximum atomic E-state index is 3.77. The smallest absolute Gasteiger partial charge is 0.0139 e. The molecule has 2 fully saturated rings. The first-order valence-electron chi connectivity index (χ1n) is 6.72. The van der Waals surface area contributed by atoms with E-state index in [1.165, 1.54) is 38.9 Å². The van der Waals surface area contributed by atoms with Crippen LogP contribution in [-0.2, 0) is 0 Å². The average Bonchev–Trinajstić information content (AvgIpc) is 2.60. The van der Waals surface area contributed by atoms with E-state index < -0.39 is 0 Å². The number of rotatable bonds is 3. The third kappa shape index (κ3) is 3.44. The Morgan fingerprint density at radius 2 is 2.19 bits per heavy atom. The summed E-state index contributed by atoms with van der Waals surface area (Å²) >= 11 is 0. The van der Waals surface area contributed by atoms with Crippen molar-refractivity contribution in [1.29, 1.82) is 0 Å². The minimum atomic E-state index is 0.322. The Bertz CT molecular complexity index is 227. The van der Waals surface area contributed by atoms with Gasteiger partial charge in [-0.1, -0.05) is 0 Å². The van der Waals surface area contributed by atoms with Gasteiger partial charge in [0.2, 0.25) is 0 Å². The zero-order chi connectivity index (χ0) is 11.6. The summed E-state index contributed by atoms with van der Waals surface area (Å²) in [6, 6.07) is 0.724. The summed E-state index contributed by atoms with van der Waals surface area (Å²) in [4.78, 5) is 2.44. The summed E-state index contributed by atoms with van der Waals surface area (Å²) < 4.78 is 0. The molecular formula is C13H27N3. The number of hydrogen-bond donors (Lipinski definition) is 2. The van der Waals surface area contributed by atoms with Crippen LogP contribution in [0.25, 0.3) is 0 Å². The van der Waals surface area contributed by atoms with E-state index in [1.807, 2.05) is 0 Å². The first-order chi connectivity index (χ1) is 7.55. The molecule has 2 aliphatic rings. The van der Waals surface area contributed by atoms with Crippen LogP contribution in [0.2, 0.25) is 0 Å². The lowest BCUT2D eigenvalue weighted by Crippen LogP contribution is -2.52. The maximum absolute atomic E-state index is 3.77. The highest BCUT2D eigenvalue weighted by Gasteiger charge is 2.28. The molecule has 2 heterocycles. The van der Waals surface area contributed by atoms with Gasteiger partial charge in [-0.05, 0) is 65.7 Å². The maximum Gasteiger partial charge on any atom is 0.0139 e. The monoisotopic (exact) mass is 225 g/mol. The molecule has 0 aromatic carbocycles. The van der Waals surface area contributed by atoms with Crippen molar-refractivity contribution in [2.24, 2.45) is 5.92 Å². The molecule has 3 heteroatoms. The first-order valence-corrected chi connectivity index (χ1v) is 6.72. The minimum absolute atomic E-state index is 0.322. The topological polar surface area (TPSA) is 27.3 Å². The Morgan fingerprint density at radius 1 is 1.38 bits per heavy atom. The van der Waals surface area contributed by atoms with Crippen molar-refractivity contribution in [3.63, 3.8) is 0 Å². The van der Waals surface area contributed by atoms with E-state index in [-0.39, 0.29) is 0 Å². The largest absolute Gasteiger partial charge is 0.314 e. The van der Waals surface area contributed by atoms with E-state index in [9.17, 15) is 0 Å².